The van der Waals surface area contributed by atoms with Crippen LogP contribution in [0.2, 0.25) is 0 Å². The number of amides is 1. The van der Waals surface area contributed by atoms with Crippen molar-refractivity contribution in [2.45, 2.75) is 44.3 Å². The van der Waals surface area contributed by atoms with E-state index in [1.807, 2.05) is 30.3 Å². The number of benzene rings is 2. The summed E-state index contributed by atoms with van der Waals surface area (Å²) in [6, 6.07) is 16.0. The summed E-state index contributed by atoms with van der Waals surface area (Å²) in [6.45, 7) is 4.82. The van der Waals surface area contributed by atoms with Crippen molar-refractivity contribution >= 4 is 21.6 Å². The summed E-state index contributed by atoms with van der Waals surface area (Å²) in [6.07, 6.45) is 3.34. The Morgan fingerprint density at radius 1 is 1.03 bits per heavy atom. The predicted molar refractivity (Wildman–Crippen MR) is 141 cm³/mol. The van der Waals surface area contributed by atoms with Crippen LogP contribution in [0.5, 0.6) is 11.8 Å². The third-order valence-corrected chi connectivity index (χ3v) is 7.27. The second kappa shape index (κ2) is 12.0. The maximum absolute atomic E-state index is 12.4. The number of ether oxygens (including phenoxy) is 2. The molecule has 1 fully saturated rings. The number of hydrogen-bond acceptors (Lipinski definition) is 9. The van der Waals surface area contributed by atoms with Gasteiger partial charge < -0.3 is 19.2 Å². The van der Waals surface area contributed by atoms with E-state index in [4.69, 9.17) is 14.3 Å². The highest BCUT2D eigenvalue weighted by atomic mass is 32.2. The Morgan fingerprint density at radius 2 is 1.68 bits per heavy atom. The zero-order chi connectivity index (χ0) is 27.1. The SMILES string of the molecule is C/C(=N/Oc1ncnc(OC2CCN(C(=O)OCc3ccccc3)CC2)c1C)c1ccc(S(C)(=O)=O)cc1. The Balaban J connectivity index is 1.30. The highest BCUT2D eigenvalue weighted by Crippen LogP contribution is 2.26. The van der Waals surface area contributed by atoms with Crippen LogP contribution in [0.1, 0.15) is 36.5 Å². The van der Waals surface area contributed by atoms with Gasteiger partial charge in [0.05, 0.1) is 16.2 Å². The van der Waals surface area contributed by atoms with Crippen molar-refractivity contribution in [3.63, 3.8) is 0 Å². The molecular weight excluding hydrogens is 508 g/mol. The van der Waals surface area contributed by atoms with Gasteiger partial charge in [0, 0.05) is 32.2 Å². The molecule has 1 aliphatic heterocycles. The molecule has 0 N–H and O–H groups in total. The lowest BCUT2D eigenvalue weighted by Gasteiger charge is -2.31. The molecule has 1 aromatic heterocycles. The molecule has 0 aliphatic carbocycles. The van der Waals surface area contributed by atoms with Crippen LogP contribution in [0.15, 0.2) is 71.0 Å². The summed E-state index contributed by atoms with van der Waals surface area (Å²) < 4.78 is 34.8. The van der Waals surface area contributed by atoms with Crippen molar-refractivity contribution in [1.29, 1.82) is 0 Å². The summed E-state index contributed by atoms with van der Waals surface area (Å²) in [7, 11) is -3.27. The Bertz CT molecular complexity index is 1390. The highest BCUT2D eigenvalue weighted by Gasteiger charge is 2.26. The van der Waals surface area contributed by atoms with Gasteiger partial charge in [-0.25, -0.2) is 18.2 Å². The molecule has 2 heterocycles. The van der Waals surface area contributed by atoms with Gasteiger partial charge in [-0.1, -0.05) is 47.6 Å². The molecule has 38 heavy (non-hydrogen) atoms. The standard InChI is InChI=1S/C27H30N4O6S/c1-19-25(36-23-13-15-31(16-14-23)27(32)35-17-21-7-5-4-6-8-21)28-18-29-26(19)37-30-20(2)22-9-11-24(12-10-22)38(3,33)34/h4-12,18,23H,13-17H2,1-3H3/b30-20-. The summed E-state index contributed by atoms with van der Waals surface area (Å²) in [4.78, 5) is 28.3. The minimum Gasteiger partial charge on any atom is -0.474 e. The molecule has 0 saturated carbocycles. The van der Waals surface area contributed by atoms with E-state index in [0.717, 1.165) is 17.4 Å². The number of piperidine rings is 1. The molecule has 0 bridgehead atoms. The van der Waals surface area contributed by atoms with Gasteiger partial charge >= 0.3 is 6.09 Å². The maximum atomic E-state index is 12.4. The fraction of sp³-hybridized carbons (Fsp3) is 0.333. The number of hydrogen-bond donors (Lipinski definition) is 0. The molecule has 200 valence electrons. The third-order valence-electron chi connectivity index (χ3n) is 6.14. The Labute approximate surface area is 222 Å². The van der Waals surface area contributed by atoms with Crippen LogP contribution in [-0.2, 0) is 21.2 Å². The quantitative estimate of drug-likeness (QED) is 0.310. The lowest BCUT2D eigenvalue weighted by atomic mass is 10.1. The molecule has 4 rings (SSSR count). The minimum absolute atomic E-state index is 0.117. The Kier molecular flexibility index (Phi) is 8.57. The first-order valence-corrected chi connectivity index (χ1v) is 14.1. The summed E-state index contributed by atoms with van der Waals surface area (Å²) in [5, 5.41) is 4.14. The van der Waals surface area contributed by atoms with Gasteiger partial charge in [0.15, 0.2) is 9.84 Å². The first-order valence-electron chi connectivity index (χ1n) is 12.2. The molecule has 1 amide bonds. The van der Waals surface area contributed by atoms with Crippen LogP contribution in [-0.4, -0.2) is 60.5 Å². The fourth-order valence-corrected chi connectivity index (χ4v) is 4.49. The van der Waals surface area contributed by atoms with E-state index >= 15 is 0 Å². The molecule has 11 heteroatoms. The molecule has 10 nitrogen and oxygen atoms in total. The Hall–Kier alpha value is -3.99. The van der Waals surface area contributed by atoms with Crippen LogP contribution in [0.25, 0.3) is 0 Å². The van der Waals surface area contributed by atoms with Gasteiger partial charge in [0.25, 0.3) is 5.88 Å². The van der Waals surface area contributed by atoms with Gasteiger partial charge in [-0.2, -0.15) is 4.98 Å². The van der Waals surface area contributed by atoms with Crippen molar-refractivity contribution in [2.75, 3.05) is 19.3 Å². The van der Waals surface area contributed by atoms with Gasteiger partial charge in [-0.3, -0.25) is 0 Å². The van der Waals surface area contributed by atoms with E-state index in [0.29, 0.717) is 43.1 Å². The summed E-state index contributed by atoms with van der Waals surface area (Å²) in [5.41, 5.74) is 2.81. The molecule has 0 radical (unpaired) electrons. The smallest absolute Gasteiger partial charge is 0.410 e. The van der Waals surface area contributed by atoms with Crippen molar-refractivity contribution in [3.8, 4) is 11.8 Å². The van der Waals surface area contributed by atoms with Gasteiger partial charge in [0.2, 0.25) is 5.88 Å². The largest absolute Gasteiger partial charge is 0.474 e. The normalized spacial score (nSPS) is 14.7. The fourth-order valence-electron chi connectivity index (χ4n) is 3.86. The van der Waals surface area contributed by atoms with Crippen LogP contribution in [0, 0.1) is 6.92 Å². The van der Waals surface area contributed by atoms with Gasteiger partial charge in [-0.05, 0) is 37.1 Å². The molecule has 3 aromatic rings. The number of likely N-dealkylation sites (tertiary alicyclic amines) is 1. The highest BCUT2D eigenvalue weighted by molar-refractivity contribution is 7.90. The van der Waals surface area contributed by atoms with Crippen LogP contribution in [0.4, 0.5) is 4.79 Å². The minimum atomic E-state index is -3.27. The molecular formula is C27H30N4O6S. The second-order valence-corrected chi connectivity index (χ2v) is 11.0. The van der Waals surface area contributed by atoms with Crippen LogP contribution >= 0.6 is 0 Å². The zero-order valence-corrected chi connectivity index (χ0v) is 22.3. The van der Waals surface area contributed by atoms with Crippen molar-refractivity contribution in [2.24, 2.45) is 5.16 Å². The third kappa shape index (κ3) is 7.06. The summed E-state index contributed by atoms with van der Waals surface area (Å²) >= 11 is 0. The van der Waals surface area contributed by atoms with Gasteiger partial charge in [-0.15, -0.1) is 0 Å². The lowest BCUT2D eigenvalue weighted by molar-refractivity contribution is 0.0621. The van der Waals surface area contributed by atoms with Crippen molar-refractivity contribution in [1.82, 2.24) is 14.9 Å². The molecule has 1 saturated heterocycles. The second-order valence-electron chi connectivity index (χ2n) is 9.02. The molecule has 2 aromatic carbocycles. The topological polar surface area (TPSA) is 120 Å². The average Bonchev–Trinajstić information content (AvgIpc) is 2.92. The average molecular weight is 539 g/mol. The number of carbonyl (C=O) groups excluding carboxylic acids is 1. The Morgan fingerprint density at radius 3 is 2.34 bits per heavy atom. The van der Waals surface area contributed by atoms with Crippen LogP contribution in [0.3, 0.4) is 0 Å². The van der Waals surface area contributed by atoms with E-state index in [2.05, 4.69) is 15.1 Å². The number of oxime groups is 1. The lowest BCUT2D eigenvalue weighted by Crippen LogP contribution is -2.42. The van der Waals surface area contributed by atoms with Crippen LogP contribution < -0.4 is 9.57 Å². The summed E-state index contributed by atoms with van der Waals surface area (Å²) in [5.74, 6) is 0.648. The molecule has 0 atom stereocenters. The van der Waals surface area contributed by atoms with E-state index in [1.54, 1.807) is 30.9 Å². The van der Waals surface area contributed by atoms with Crippen molar-refractivity contribution in [3.05, 3.63) is 77.6 Å². The van der Waals surface area contributed by atoms with E-state index in [9.17, 15) is 13.2 Å². The predicted octanol–water partition coefficient (Wildman–Crippen LogP) is 4.17. The van der Waals surface area contributed by atoms with E-state index in [-0.39, 0.29) is 29.6 Å². The first kappa shape index (κ1) is 27.1. The number of aromatic nitrogens is 2. The van der Waals surface area contributed by atoms with Gasteiger partial charge in [0.1, 0.15) is 19.0 Å². The molecule has 0 spiro atoms. The number of carbonyl (C=O) groups is 1. The molecule has 1 aliphatic rings. The monoisotopic (exact) mass is 538 g/mol. The zero-order valence-electron chi connectivity index (χ0n) is 21.5. The van der Waals surface area contributed by atoms with Crippen molar-refractivity contribution < 1.29 is 27.5 Å². The number of rotatable bonds is 8. The first-order chi connectivity index (χ1) is 18.2. The number of sulfone groups is 1. The molecule has 0 unspecified atom stereocenters. The van der Waals surface area contributed by atoms with E-state index in [1.165, 1.54) is 18.5 Å². The number of nitrogens with zero attached hydrogens (tertiary/aromatic N) is 4. The van der Waals surface area contributed by atoms with E-state index < -0.39 is 9.84 Å². The maximum Gasteiger partial charge on any atom is 0.410 e.